The number of benzene rings is 1. The van der Waals surface area contributed by atoms with E-state index in [1.807, 2.05) is 13.0 Å². The quantitative estimate of drug-likeness (QED) is 0.671. The predicted octanol–water partition coefficient (Wildman–Crippen LogP) is 0.251. The van der Waals surface area contributed by atoms with Gasteiger partial charge in [-0.3, -0.25) is 9.52 Å². The van der Waals surface area contributed by atoms with Crippen LogP contribution in [0, 0.1) is 6.92 Å². The molecule has 0 saturated heterocycles. The van der Waals surface area contributed by atoms with E-state index in [1.54, 1.807) is 22.9 Å². The number of hydrogen-bond acceptors (Lipinski definition) is 3. The summed E-state index contributed by atoms with van der Waals surface area (Å²) in [6.45, 7) is 1.83. The fraction of sp³-hybridized carbons (Fsp3) is 0.125. The predicted molar refractivity (Wildman–Crippen MR) is 49.0 cm³/mol. The largest absolute Gasteiger partial charge is 0.268 e. The smallest absolute Gasteiger partial charge is 0.264 e. The summed E-state index contributed by atoms with van der Waals surface area (Å²) < 4.78 is 22.1. The van der Waals surface area contributed by atoms with E-state index in [4.69, 9.17) is 0 Å². The van der Waals surface area contributed by atoms with Crippen LogP contribution in [-0.2, 0) is 10.9 Å². The highest BCUT2D eigenvalue weighted by molar-refractivity contribution is 7.71. The van der Waals surface area contributed by atoms with Gasteiger partial charge in [-0.05, 0) is 19.1 Å². The first-order valence-corrected chi connectivity index (χ1v) is 4.79. The van der Waals surface area contributed by atoms with Gasteiger partial charge in [0.05, 0.1) is 0 Å². The summed E-state index contributed by atoms with van der Waals surface area (Å²) in [5.41, 5.74) is 1.26. The second-order valence-corrected chi connectivity index (χ2v) is 3.31. The molecular weight excluding hydrogens is 190 g/mol. The van der Waals surface area contributed by atoms with Gasteiger partial charge in [0.1, 0.15) is 0 Å². The van der Waals surface area contributed by atoms with E-state index in [-0.39, 0.29) is 0 Å². The second-order valence-electron chi connectivity index (χ2n) is 2.57. The van der Waals surface area contributed by atoms with Gasteiger partial charge < -0.3 is 0 Å². The van der Waals surface area contributed by atoms with Crippen molar-refractivity contribution in [3.8, 4) is 0 Å². The van der Waals surface area contributed by atoms with Crippen LogP contribution in [0.3, 0.4) is 0 Å². The molecule has 13 heavy (non-hydrogen) atoms. The Labute approximate surface area is 77.7 Å². The van der Waals surface area contributed by atoms with Crippen LogP contribution in [-0.4, -0.2) is 14.3 Å². The third kappa shape index (κ3) is 2.87. The molecule has 0 aliphatic heterocycles. The van der Waals surface area contributed by atoms with E-state index >= 15 is 0 Å². The highest BCUT2D eigenvalue weighted by Crippen LogP contribution is 2.03. The number of amides is 1. The Morgan fingerprint density at radius 2 is 2.08 bits per heavy atom. The number of carbonyl (C=O) groups is 1. The molecule has 0 spiro atoms. The van der Waals surface area contributed by atoms with Crippen LogP contribution in [0.4, 0.5) is 0 Å². The molecule has 0 atom stereocenters. The van der Waals surface area contributed by atoms with E-state index in [0.717, 1.165) is 5.56 Å². The van der Waals surface area contributed by atoms with Gasteiger partial charge in [-0.2, -0.15) is 0 Å². The fourth-order valence-electron chi connectivity index (χ4n) is 0.934. The lowest BCUT2D eigenvalue weighted by atomic mass is 10.1. The van der Waals surface area contributed by atoms with Crippen molar-refractivity contribution in [2.75, 3.05) is 0 Å². The minimum Gasteiger partial charge on any atom is -0.268 e. The van der Waals surface area contributed by atoms with Gasteiger partial charge in [-0.25, -0.2) is 8.42 Å². The Morgan fingerprint density at radius 3 is 2.62 bits per heavy atom. The third-order valence-corrected chi connectivity index (χ3v) is 1.86. The molecule has 0 heterocycles. The molecule has 4 nitrogen and oxygen atoms in total. The SMILES string of the molecule is Cc1cccc(C(=O)N[SH](=O)=O)c1. The average molecular weight is 199 g/mol. The Hall–Kier alpha value is -1.36. The Balaban J connectivity index is 2.89. The maximum absolute atomic E-state index is 11.1. The zero-order valence-electron chi connectivity index (χ0n) is 6.98. The van der Waals surface area contributed by atoms with Crippen molar-refractivity contribution in [1.82, 2.24) is 4.72 Å². The molecule has 0 aromatic heterocycles. The summed E-state index contributed by atoms with van der Waals surface area (Å²) in [4.78, 5) is 11.1. The number of carbonyl (C=O) groups excluding carboxylic acids is 1. The lowest BCUT2D eigenvalue weighted by molar-refractivity contribution is 0.0982. The summed E-state index contributed by atoms with van der Waals surface area (Å²) in [7, 11) is -2.87. The van der Waals surface area contributed by atoms with E-state index in [0.29, 0.717) is 5.56 Å². The van der Waals surface area contributed by atoms with Gasteiger partial charge in [0.25, 0.3) is 5.91 Å². The van der Waals surface area contributed by atoms with Gasteiger partial charge in [0.15, 0.2) is 0 Å². The maximum Gasteiger partial charge on any atom is 0.264 e. The monoisotopic (exact) mass is 199 g/mol. The summed E-state index contributed by atoms with van der Waals surface area (Å²) in [6.07, 6.45) is 0. The fourth-order valence-corrected chi connectivity index (χ4v) is 1.23. The van der Waals surface area contributed by atoms with Crippen LogP contribution in [0.25, 0.3) is 0 Å². The van der Waals surface area contributed by atoms with Gasteiger partial charge in [0, 0.05) is 5.56 Å². The molecule has 0 aliphatic carbocycles. The molecule has 0 radical (unpaired) electrons. The molecule has 0 saturated carbocycles. The molecule has 1 aromatic rings. The standard InChI is InChI=1S/C8H9NO3S/c1-6-3-2-4-7(5-6)8(10)9-13(11)12/h2-5,13H,1H3,(H,9,10,11,12). The lowest BCUT2D eigenvalue weighted by Gasteiger charge is -1.98. The summed E-state index contributed by atoms with van der Waals surface area (Å²) in [6, 6.07) is 6.70. The van der Waals surface area contributed by atoms with Crippen LogP contribution in [0.5, 0.6) is 0 Å². The maximum atomic E-state index is 11.1. The minimum absolute atomic E-state index is 0.346. The van der Waals surface area contributed by atoms with Crippen molar-refractivity contribution >= 4 is 16.8 Å². The first-order valence-electron chi connectivity index (χ1n) is 3.61. The number of hydrogen-bond donors (Lipinski definition) is 2. The van der Waals surface area contributed by atoms with Crippen LogP contribution < -0.4 is 4.72 Å². The summed E-state index contributed by atoms with van der Waals surface area (Å²) in [5, 5.41) is 0. The first-order chi connectivity index (χ1) is 6.09. The lowest BCUT2D eigenvalue weighted by Crippen LogP contribution is -2.21. The Morgan fingerprint density at radius 1 is 1.38 bits per heavy atom. The zero-order valence-corrected chi connectivity index (χ0v) is 7.88. The van der Waals surface area contributed by atoms with Crippen LogP contribution >= 0.6 is 0 Å². The van der Waals surface area contributed by atoms with E-state index < -0.39 is 16.8 Å². The molecule has 1 N–H and O–H groups in total. The molecule has 5 heteroatoms. The summed E-state index contributed by atoms with van der Waals surface area (Å²) >= 11 is 0. The van der Waals surface area contributed by atoms with Crippen LogP contribution in [0.15, 0.2) is 24.3 Å². The number of nitrogens with one attached hydrogen (secondary N) is 1. The van der Waals surface area contributed by atoms with Crippen LogP contribution in [0.2, 0.25) is 0 Å². The second kappa shape index (κ2) is 4.04. The third-order valence-electron chi connectivity index (χ3n) is 1.47. The number of thiol groups is 1. The molecule has 0 unspecified atom stereocenters. The zero-order chi connectivity index (χ0) is 9.84. The summed E-state index contributed by atoms with van der Waals surface area (Å²) in [5.74, 6) is -0.597. The normalized spacial score (nSPS) is 10.0. The van der Waals surface area contributed by atoms with Crippen molar-refractivity contribution in [3.05, 3.63) is 35.4 Å². The van der Waals surface area contributed by atoms with Crippen molar-refractivity contribution < 1.29 is 13.2 Å². The van der Waals surface area contributed by atoms with Crippen molar-refractivity contribution in [2.45, 2.75) is 6.92 Å². The Kier molecular flexibility index (Phi) is 3.02. The Bertz CT molecular complexity index is 390. The molecular formula is C8H9NO3S. The first kappa shape index (κ1) is 9.73. The van der Waals surface area contributed by atoms with Crippen molar-refractivity contribution in [2.24, 2.45) is 0 Å². The van der Waals surface area contributed by atoms with Gasteiger partial charge in [-0.1, -0.05) is 17.7 Å². The van der Waals surface area contributed by atoms with E-state index in [1.165, 1.54) is 0 Å². The molecule has 70 valence electrons. The number of aryl methyl sites for hydroxylation is 1. The molecule has 0 bridgehead atoms. The van der Waals surface area contributed by atoms with Crippen molar-refractivity contribution in [3.63, 3.8) is 0 Å². The van der Waals surface area contributed by atoms with E-state index in [9.17, 15) is 13.2 Å². The van der Waals surface area contributed by atoms with Gasteiger partial charge in [0.2, 0.25) is 10.9 Å². The molecule has 1 aromatic carbocycles. The van der Waals surface area contributed by atoms with Crippen molar-refractivity contribution in [1.29, 1.82) is 0 Å². The molecule has 1 amide bonds. The average Bonchev–Trinajstić information content (AvgIpc) is 2.03. The highest BCUT2D eigenvalue weighted by atomic mass is 32.2. The van der Waals surface area contributed by atoms with E-state index in [2.05, 4.69) is 0 Å². The highest BCUT2D eigenvalue weighted by Gasteiger charge is 2.04. The van der Waals surface area contributed by atoms with Crippen LogP contribution in [0.1, 0.15) is 15.9 Å². The molecule has 0 aliphatic rings. The van der Waals surface area contributed by atoms with Gasteiger partial charge >= 0.3 is 0 Å². The van der Waals surface area contributed by atoms with Gasteiger partial charge in [-0.15, -0.1) is 0 Å². The minimum atomic E-state index is -2.87. The molecule has 0 fully saturated rings. The number of rotatable bonds is 2. The topological polar surface area (TPSA) is 63.2 Å². The molecule has 1 rings (SSSR count).